The summed E-state index contributed by atoms with van der Waals surface area (Å²) in [4.78, 5) is 41.1. The van der Waals surface area contributed by atoms with Gasteiger partial charge in [-0.15, -0.1) is 0 Å². The van der Waals surface area contributed by atoms with Gasteiger partial charge >= 0.3 is 0 Å². The molecular formula is C26H19BrN2O3. The number of benzene rings is 3. The Morgan fingerprint density at radius 2 is 1.41 bits per heavy atom. The zero-order chi connectivity index (χ0) is 22.0. The highest BCUT2D eigenvalue weighted by molar-refractivity contribution is 9.09. The number of anilines is 1. The maximum absolute atomic E-state index is 13.6. The maximum atomic E-state index is 13.6. The van der Waals surface area contributed by atoms with Crippen molar-refractivity contribution in [1.29, 1.82) is 0 Å². The van der Waals surface area contributed by atoms with Gasteiger partial charge in [0.15, 0.2) is 0 Å². The molecule has 0 unspecified atom stereocenters. The predicted molar refractivity (Wildman–Crippen MR) is 123 cm³/mol. The molecule has 6 heteroatoms. The predicted octanol–water partition coefficient (Wildman–Crippen LogP) is 4.02. The molecule has 1 N–H and O–H groups in total. The van der Waals surface area contributed by atoms with E-state index < -0.39 is 16.2 Å². The van der Waals surface area contributed by atoms with Crippen LogP contribution in [0.4, 0.5) is 5.69 Å². The number of hydrogen-bond donors (Lipinski definition) is 1. The molecule has 2 atom stereocenters. The molecular weight excluding hydrogens is 468 g/mol. The molecule has 32 heavy (non-hydrogen) atoms. The molecule has 3 aromatic carbocycles. The summed E-state index contributed by atoms with van der Waals surface area (Å²) in [5.74, 6) is -2.28. The molecule has 1 saturated heterocycles. The quantitative estimate of drug-likeness (QED) is 0.449. The van der Waals surface area contributed by atoms with Crippen molar-refractivity contribution in [3.05, 3.63) is 101 Å². The van der Waals surface area contributed by atoms with E-state index in [-0.39, 0.29) is 30.2 Å². The van der Waals surface area contributed by atoms with Crippen molar-refractivity contribution < 1.29 is 14.4 Å². The molecule has 1 heterocycles. The van der Waals surface area contributed by atoms with Crippen molar-refractivity contribution >= 4 is 39.3 Å². The van der Waals surface area contributed by atoms with Gasteiger partial charge in [0.05, 0.1) is 16.2 Å². The molecule has 3 aliphatic carbocycles. The summed E-state index contributed by atoms with van der Waals surface area (Å²) >= 11 is 3.95. The van der Waals surface area contributed by atoms with Crippen LogP contribution in [0.3, 0.4) is 0 Å². The minimum Gasteiger partial charge on any atom is -0.325 e. The van der Waals surface area contributed by atoms with Crippen LogP contribution >= 0.6 is 15.9 Å². The number of alkyl halides is 1. The normalized spacial score (nSPS) is 27.0. The number of carbonyl (C=O) groups is 3. The van der Waals surface area contributed by atoms with E-state index >= 15 is 0 Å². The van der Waals surface area contributed by atoms with Crippen LogP contribution in [0.2, 0.25) is 0 Å². The molecule has 0 aromatic heterocycles. The minimum atomic E-state index is -0.795. The molecule has 3 aromatic rings. The second-order valence-corrected chi connectivity index (χ2v) is 9.80. The van der Waals surface area contributed by atoms with Crippen molar-refractivity contribution in [1.82, 2.24) is 4.90 Å². The number of rotatable bonds is 3. The Hall–Kier alpha value is -3.25. The average molecular weight is 487 g/mol. The zero-order valence-corrected chi connectivity index (χ0v) is 18.6. The van der Waals surface area contributed by atoms with E-state index in [1.165, 1.54) is 0 Å². The van der Waals surface area contributed by atoms with E-state index in [0.717, 1.165) is 27.2 Å². The van der Waals surface area contributed by atoms with Gasteiger partial charge in [-0.3, -0.25) is 19.3 Å². The third-order valence-electron chi connectivity index (χ3n) is 6.96. The largest absolute Gasteiger partial charge is 0.325 e. The molecule has 4 aliphatic rings. The highest BCUT2D eigenvalue weighted by Gasteiger charge is 2.67. The van der Waals surface area contributed by atoms with Crippen LogP contribution in [-0.2, 0) is 18.7 Å². The van der Waals surface area contributed by atoms with E-state index in [4.69, 9.17) is 0 Å². The Kier molecular flexibility index (Phi) is 4.17. The summed E-state index contributed by atoms with van der Waals surface area (Å²) in [7, 11) is 0. The molecule has 0 spiro atoms. The Bertz CT molecular complexity index is 1240. The van der Waals surface area contributed by atoms with Gasteiger partial charge in [-0.1, -0.05) is 82.7 Å². The van der Waals surface area contributed by atoms with E-state index in [0.29, 0.717) is 5.69 Å². The number of imide groups is 1. The monoisotopic (exact) mass is 486 g/mol. The number of carbonyl (C=O) groups excluding carboxylic acids is 3. The van der Waals surface area contributed by atoms with Crippen molar-refractivity contribution in [3.63, 3.8) is 0 Å². The molecule has 0 saturated carbocycles. The van der Waals surface area contributed by atoms with Crippen LogP contribution in [0.5, 0.6) is 0 Å². The van der Waals surface area contributed by atoms with Crippen molar-refractivity contribution in [2.75, 3.05) is 11.9 Å². The van der Waals surface area contributed by atoms with Gasteiger partial charge in [0.1, 0.15) is 6.54 Å². The van der Waals surface area contributed by atoms with E-state index in [2.05, 4.69) is 21.2 Å². The summed E-state index contributed by atoms with van der Waals surface area (Å²) in [6.45, 7) is -0.290. The lowest BCUT2D eigenvalue weighted by Gasteiger charge is -2.51. The number of hydrogen-bond acceptors (Lipinski definition) is 3. The van der Waals surface area contributed by atoms with Crippen LogP contribution < -0.4 is 5.32 Å². The van der Waals surface area contributed by atoms with Crippen molar-refractivity contribution in [3.8, 4) is 0 Å². The highest BCUT2D eigenvalue weighted by atomic mass is 79.9. The third kappa shape index (κ3) is 2.47. The van der Waals surface area contributed by atoms with Gasteiger partial charge in [0, 0.05) is 11.6 Å². The number of halogens is 1. The zero-order valence-electron chi connectivity index (χ0n) is 17.0. The summed E-state index contributed by atoms with van der Waals surface area (Å²) in [6.07, 6.45) is 0. The summed E-state index contributed by atoms with van der Waals surface area (Å²) < 4.78 is -0.795. The second-order valence-electron chi connectivity index (χ2n) is 8.54. The number of nitrogens with one attached hydrogen (secondary N) is 1. The average Bonchev–Trinajstić information content (AvgIpc) is 3.06. The lowest BCUT2D eigenvalue weighted by atomic mass is 9.55. The summed E-state index contributed by atoms with van der Waals surface area (Å²) in [6, 6.07) is 25.1. The first kappa shape index (κ1) is 19.4. The second kappa shape index (κ2) is 6.87. The molecule has 3 amide bonds. The lowest BCUT2D eigenvalue weighted by molar-refractivity contribution is -0.142. The Morgan fingerprint density at radius 1 is 0.844 bits per heavy atom. The summed E-state index contributed by atoms with van der Waals surface area (Å²) in [5, 5.41) is 2.78. The lowest BCUT2D eigenvalue weighted by Crippen LogP contribution is -2.50. The van der Waals surface area contributed by atoms with Crippen LogP contribution in [-0.4, -0.2) is 29.2 Å². The number of para-hydroxylation sites is 1. The van der Waals surface area contributed by atoms with E-state index in [9.17, 15) is 14.4 Å². The van der Waals surface area contributed by atoms with Crippen LogP contribution in [0.1, 0.15) is 28.2 Å². The first-order valence-electron chi connectivity index (χ1n) is 10.6. The van der Waals surface area contributed by atoms with Gasteiger partial charge in [0.25, 0.3) is 0 Å². The standard InChI is InChI=1S/C26H19BrN2O3/c27-26-18-12-6-4-10-16(18)21(17-11-5-7-13-19(17)26)22-23(26)25(32)29(24(22)31)14-20(30)28-15-8-2-1-3-9-15/h1-13,21-23H,14H2,(H,28,30)/t21?,22-,23+,26?/m0/s1. The van der Waals surface area contributed by atoms with Crippen molar-refractivity contribution in [2.24, 2.45) is 11.8 Å². The van der Waals surface area contributed by atoms with Gasteiger partial charge in [-0.2, -0.15) is 0 Å². The first-order chi connectivity index (χ1) is 15.5. The Morgan fingerprint density at radius 3 is 2.03 bits per heavy atom. The Labute approximate surface area is 193 Å². The number of nitrogens with zero attached hydrogens (tertiary/aromatic N) is 1. The molecule has 0 radical (unpaired) electrons. The molecule has 158 valence electrons. The van der Waals surface area contributed by atoms with E-state index in [1.54, 1.807) is 12.1 Å². The SMILES string of the molecule is O=C(CN1C(=O)[C@H]2C3c4ccccc4C(Br)(c4ccccc43)[C@H]2C1=O)Nc1ccccc1. The molecule has 2 bridgehead atoms. The molecule has 1 aliphatic heterocycles. The van der Waals surface area contributed by atoms with Crippen LogP contribution in [0.25, 0.3) is 0 Å². The van der Waals surface area contributed by atoms with Gasteiger partial charge < -0.3 is 5.32 Å². The first-order valence-corrected chi connectivity index (χ1v) is 11.4. The highest BCUT2D eigenvalue weighted by Crippen LogP contribution is 2.66. The third-order valence-corrected chi connectivity index (χ3v) is 8.31. The topological polar surface area (TPSA) is 66.5 Å². The molecule has 1 fully saturated rings. The molecule has 5 nitrogen and oxygen atoms in total. The number of likely N-dealkylation sites (tertiary alicyclic amines) is 1. The fraction of sp³-hybridized carbons (Fsp3) is 0.192. The van der Waals surface area contributed by atoms with Gasteiger partial charge in [-0.25, -0.2) is 0 Å². The van der Waals surface area contributed by atoms with E-state index in [1.807, 2.05) is 66.7 Å². The molecule has 7 rings (SSSR count). The number of amides is 3. The minimum absolute atomic E-state index is 0.203. The van der Waals surface area contributed by atoms with Gasteiger partial charge in [0.2, 0.25) is 17.7 Å². The Balaban J connectivity index is 1.41. The summed E-state index contributed by atoms with van der Waals surface area (Å²) in [5.41, 5.74) is 4.83. The fourth-order valence-electron chi connectivity index (χ4n) is 5.76. The van der Waals surface area contributed by atoms with Crippen molar-refractivity contribution in [2.45, 2.75) is 10.2 Å². The maximum Gasteiger partial charge on any atom is 0.244 e. The fourth-order valence-corrected chi connectivity index (χ4v) is 6.96. The van der Waals surface area contributed by atoms with Crippen LogP contribution in [0.15, 0.2) is 78.9 Å². The van der Waals surface area contributed by atoms with Crippen LogP contribution in [0, 0.1) is 11.8 Å². The van der Waals surface area contributed by atoms with Gasteiger partial charge in [-0.05, 0) is 34.4 Å². The smallest absolute Gasteiger partial charge is 0.244 e.